The van der Waals surface area contributed by atoms with Gasteiger partial charge in [0.1, 0.15) is 0 Å². The van der Waals surface area contributed by atoms with Crippen LogP contribution in [-0.2, 0) is 12.4 Å². The van der Waals surface area contributed by atoms with Crippen LogP contribution in [0.4, 0.5) is 37.7 Å². The minimum atomic E-state index is -4.98. The average Bonchev–Trinajstić information content (AvgIpc) is 2.91. The van der Waals surface area contributed by atoms with Crippen LogP contribution < -0.4 is 10.6 Å². The van der Waals surface area contributed by atoms with E-state index in [1.807, 2.05) is 13.0 Å². The van der Waals surface area contributed by atoms with Crippen LogP contribution in [0, 0.1) is 11.8 Å². The number of fused-ring (bicyclic) bond motifs is 1. The number of rotatable bonds is 6. The van der Waals surface area contributed by atoms with Gasteiger partial charge in [-0.2, -0.15) is 26.3 Å². The molecule has 2 heterocycles. The van der Waals surface area contributed by atoms with E-state index in [1.165, 1.54) is 0 Å². The molecule has 0 bridgehead atoms. The normalized spacial score (nSPS) is 19.9. The zero-order valence-electron chi connectivity index (χ0n) is 22.4. The number of anilines is 2. The van der Waals surface area contributed by atoms with Crippen molar-refractivity contribution in [1.82, 2.24) is 9.88 Å². The number of thiocarbonyl (C=S) groups is 1. The predicted molar refractivity (Wildman–Crippen MR) is 151 cm³/mol. The topological polar surface area (TPSA) is 60.4 Å². The molecule has 4 unspecified atom stereocenters. The van der Waals surface area contributed by atoms with Crippen molar-refractivity contribution in [2.45, 2.75) is 44.8 Å². The van der Waals surface area contributed by atoms with Crippen LogP contribution in [0.5, 0.6) is 0 Å². The van der Waals surface area contributed by atoms with Crippen molar-refractivity contribution < 1.29 is 31.4 Å². The molecule has 12 heteroatoms. The second-order valence-corrected chi connectivity index (χ2v) is 10.8. The highest BCUT2D eigenvalue weighted by Crippen LogP contribution is 2.38. The van der Waals surface area contributed by atoms with E-state index < -0.39 is 35.3 Å². The van der Waals surface area contributed by atoms with Crippen molar-refractivity contribution in [1.29, 1.82) is 0 Å². The number of likely N-dealkylation sites (tertiary alicyclic amines) is 1. The molecule has 0 amide bonds. The van der Waals surface area contributed by atoms with Crippen molar-refractivity contribution in [2.75, 3.05) is 23.7 Å². The van der Waals surface area contributed by atoms with Gasteiger partial charge in [-0.3, -0.25) is 9.88 Å². The summed E-state index contributed by atoms with van der Waals surface area (Å²) in [5.41, 5.74) is -1.74. The maximum atomic E-state index is 13.2. The number of alkyl halides is 6. The number of aliphatic hydroxyl groups excluding tert-OH is 1. The summed E-state index contributed by atoms with van der Waals surface area (Å²) < 4.78 is 79.3. The molecule has 4 atom stereocenters. The van der Waals surface area contributed by atoms with Gasteiger partial charge in [-0.05, 0) is 92.0 Å². The first-order valence-corrected chi connectivity index (χ1v) is 13.4. The summed E-state index contributed by atoms with van der Waals surface area (Å²) in [4.78, 5) is 6.59. The van der Waals surface area contributed by atoms with Gasteiger partial charge in [0.25, 0.3) is 0 Å². The molecule has 41 heavy (non-hydrogen) atoms. The second kappa shape index (κ2) is 11.9. The molecule has 0 saturated carbocycles. The van der Waals surface area contributed by atoms with Gasteiger partial charge in [0.2, 0.25) is 0 Å². The number of halogens is 6. The summed E-state index contributed by atoms with van der Waals surface area (Å²) in [7, 11) is 0. The highest BCUT2D eigenvalue weighted by Gasteiger charge is 2.37. The Balaban J connectivity index is 1.56. The molecule has 1 aliphatic heterocycles. The lowest BCUT2D eigenvalue weighted by molar-refractivity contribution is -0.143. The number of hydrogen-bond donors (Lipinski definition) is 3. The molecule has 1 aromatic heterocycles. The summed E-state index contributed by atoms with van der Waals surface area (Å²) in [5, 5.41) is 17.0. The molecule has 1 aliphatic rings. The molecule has 1 fully saturated rings. The molecular formula is C29H30F6N4OS. The lowest BCUT2D eigenvalue weighted by Crippen LogP contribution is -2.46. The van der Waals surface area contributed by atoms with E-state index in [4.69, 9.17) is 12.2 Å². The SMILES string of the molecule is C=CC1CN(C(C)C(O)c2ccnc3ccc(NC(=S)Nc4cc(C(F)(F)F)cc(C(F)(F)F)c4)cc23)CCC1C. The van der Waals surface area contributed by atoms with Crippen LogP contribution in [-0.4, -0.2) is 39.2 Å². The van der Waals surface area contributed by atoms with E-state index in [9.17, 15) is 31.4 Å². The van der Waals surface area contributed by atoms with E-state index in [0.29, 0.717) is 46.1 Å². The van der Waals surface area contributed by atoms with E-state index in [1.54, 1.807) is 30.5 Å². The minimum absolute atomic E-state index is 0.0494. The van der Waals surface area contributed by atoms with Gasteiger partial charge in [-0.1, -0.05) is 13.0 Å². The third-order valence-electron chi connectivity index (χ3n) is 7.58. The summed E-state index contributed by atoms with van der Waals surface area (Å²) in [6.07, 6.45) is -6.28. The monoisotopic (exact) mass is 596 g/mol. The number of hydrogen-bond acceptors (Lipinski definition) is 4. The fourth-order valence-corrected chi connectivity index (χ4v) is 5.32. The van der Waals surface area contributed by atoms with E-state index in [-0.39, 0.29) is 17.2 Å². The summed E-state index contributed by atoms with van der Waals surface area (Å²) >= 11 is 5.19. The van der Waals surface area contributed by atoms with Crippen LogP contribution in [0.2, 0.25) is 0 Å². The number of pyridine rings is 1. The average molecular weight is 597 g/mol. The van der Waals surface area contributed by atoms with Crippen molar-refractivity contribution in [3.05, 3.63) is 78.0 Å². The van der Waals surface area contributed by atoms with Crippen LogP contribution in [0.3, 0.4) is 0 Å². The Morgan fingerprint density at radius 2 is 1.68 bits per heavy atom. The zero-order chi connectivity index (χ0) is 30.1. The quantitative estimate of drug-likeness (QED) is 0.154. The van der Waals surface area contributed by atoms with E-state index in [2.05, 4.69) is 34.0 Å². The van der Waals surface area contributed by atoms with Gasteiger partial charge >= 0.3 is 12.4 Å². The Morgan fingerprint density at radius 3 is 2.29 bits per heavy atom. The molecule has 4 rings (SSSR count). The zero-order valence-corrected chi connectivity index (χ0v) is 23.2. The second-order valence-electron chi connectivity index (χ2n) is 10.4. The fourth-order valence-electron chi connectivity index (χ4n) is 5.09. The Morgan fingerprint density at radius 1 is 1.05 bits per heavy atom. The van der Waals surface area contributed by atoms with E-state index in [0.717, 1.165) is 19.5 Å². The number of piperidine rings is 1. The highest BCUT2D eigenvalue weighted by molar-refractivity contribution is 7.80. The van der Waals surface area contributed by atoms with Crippen molar-refractivity contribution in [3.63, 3.8) is 0 Å². The lowest BCUT2D eigenvalue weighted by Gasteiger charge is -2.40. The lowest BCUT2D eigenvalue weighted by atomic mass is 9.85. The maximum Gasteiger partial charge on any atom is 0.416 e. The Kier molecular flexibility index (Phi) is 8.95. The number of nitrogens with zero attached hydrogens (tertiary/aromatic N) is 2. The first kappa shape index (κ1) is 30.7. The third-order valence-corrected chi connectivity index (χ3v) is 7.78. The van der Waals surface area contributed by atoms with Crippen LogP contribution in [0.1, 0.15) is 43.1 Å². The van der Waals surface area contributed by atoms with Gasteiger partial charge in [-0.25, -0.2) is 0 Å². The summed E-state index contributed by atoms with van der Waals surface area (Å²) in [6, 6.07) is 7.67. The van der Waals surface area contributed by atoms with Gasteiger partial charge in [-0.15, -0.1) is 6.58 Å². The highest BCUT2D eigenvalue weighted by atomic mass is 32.1. The molecule has 3 N–H and O–H groups in total. The minimum Gasteiger partial charge on any atom is -0.387 e. The molecule has 0 radical (unpaired) electrons. The molecule has 0 spiro atoms. The fraction of sp³-hybridized carbons (Fsp3) is 0.379. The molecular weight excluding hydrogens is 566 g/mol. The number of aliphatic hydroxyl groups is 1. The Labute approximate surface area is 239 Å². The number of aromatic nitrogens is 1. The molecule has 0 aliphatic carbocycles. The maximum absolute atomic E-state index is 13.2. The van der Waals surface area contributed by atoms with Gasteiger partial charge in [0.15, 0.2) is 5.11 Å². The van der Waals surface area contributed by atoms with E-state index >= 15 is 0 Å². The van der Waals surface area contributed by atoms with Gasteiger partial charge in [0.05, 0.1) is 22.7 Å². The number of nitrogens with one attached hydrogen (secondary N) is 2. The van der Waals surface area contributed by atoms with Crippen molar-refractivity contribution >= 4 is 39.6 Å². The van der Waals surface area contributed by atoms with Crippen LogP contribution >= 0.6 is 12.2 Å². The van der Waals surface area contributed by atoms with Gasteiger partial charge < -0.3 is 15.7 Å². The standard InChI is InChI=1S/C29H30F6N4OS/c1-4-18-15-39(10-8-16(18)2)17(3)26(40)23-7-9-36-25-6-5-21(14-24(23)25)37-27(41)38-22-12-19(28(30,31)32)11-20(13-22)29(33,34)35/h4-7,9,11-14,16-18,26,40H,1,8,10,15H2,2-3H3,(H2,37,38,41). The molecule has 2 aromatic carbocycles. The smallest absolute Gasteiger partial charge is 0.387 e. The number of benzene rings is 2. The van der Waals surface area contributed by atoms with Crippen molar-refractivity contribution in [3.8, 4) is 0 Å². The van der Waals surface area contributed by atoms with Crippen molar-refractivity contribution in [2.24, 2.45) is 11.8 Å². The summed E-state index contributed by atoms with van der Waals surface area (Å²) in [5.74, 6) is 0.831. The van der Waals surface area contributed by atoms with Crippen LogP contribution in [0.25, 0.3) is 10.9 Å². The predicted octanol–water partition coefficient (Wildman–Crippen LogP) is 7.65. The van der Waals surface area contributed by atoms with Crippen LogP contribution in [0.15, 0.2) is 61.3 Å². The largest absolute Gasteiger partial charge is 0.416 e. The molecule has 1 saturated heterocycles. The summed E-state index contributed by atoms with van der Waals surface area (Å²) in [6.45, 7) is 9.71. The Hall–Kier alpha value is -3.22. The first-order chi connectivity index (χ1) is 19.2. The molecule has 3 aromatic rings. The molecule has 220 valence electrons. The third kappa shape index (κ3) is 7.17. The Bertz CT molecular complexity index is 1390. The first-order valence-electron chi connectivity index (χ1n) is 13.0. The van der Waals surface area contributed by atoms with Gasteiger partial charge in [0, 0.05) is 35.5 Å². The molecule has 5 nitrogen and oxygen atoms in total.